The number of carbonyl (C=O) groups excluding carboxylic acids is 1. The number of anilines is 1. The van der Waals surface area contributed by atoms with Crippen LogP contribution in [0.1, 0.15) is 10.9 Å². The second-order valence-corrected chi connectivity index (χ2v) is 4.22. The maximum absolute atomic E-state index is 11.9. The topological polar surface area (TPSA) is 49.3 Å². The third-order valence-corrected chi connectivity index (χ3v) is 2.93. The summed E-state index contributed by atoms with van der Waals surface area (Å²) in [7, 11) is 0. The zero-order valence-corrected chi connectivity index (χ0v) is 10.3. The van der Waals surface area contributed by atoms with E-state index in [4.69, 9.17) is 11.6 Å². The van der Waals surface area contributed by atoms with Crippen molar-refractivity contribution in [1.82, 2.24) is 0 Å². The zero-order valence-electron chi connectivity index (χ0n) is 9.51. The number of amides is 1. The molecule has 92 valence electrons. The lowest BCUT2D eigenvalue weighted by Crippen LogP contribution is -2.17. The highest BCUT2D eigenvalue weighted by Crippen LogP contribution is 2.26. The number of nitrogens with one attached hydrogen (secondary N) is 1. The van der Waals surface area contributed by atoms with Crippen LogP contribution in [0.15, 0.2) is 54.6 Å². The zero-order chi connectivity index (χ0) is 13.0. The van der Waals surface area contributed by atoms with Gasteiger partial charge in [0, 0.05) is 0 Å². The molecule has 1 amide bonds. The Kier molecular flexibility index (Phi) is 3.85. The lowest BCUT2D eigenvalue weighted by Gasteiger charge is -2.11. The van der Waals surface area contributed by atoms with E-state index in [9.17, 15) is 9.90 Å². The highest BCUT2D eigenvalue weighted by molar-refractivity contribution is 6.32. The van der Waals surface area contributed by atoms with Gasteiger partial charge in [-0.15, -0.1) is 11.6 Å². The van der Waals surface area contributed by atoms with E-state index in [1.54, 1.807) is 30.3 Å². The summed E-state index contributed by atoms with van der Waals surface area (Å²) >= 11 is 6.07. The van der Waals surface area contributed by atoms with Crippen molar-refractivity contribution in [1.29, 1.82) is 0 Å². The largest absolute Gasteiger partial charge is 0.506 e. The fourth-order valence-corrected chi connectivity index (χ4v) is 1.75. The molecule has 3 nitrogen and oxygen atoms in total. The molecule has 0 saturated heterocycles. The van der Waals surface area contributed by atoms with Gasteiger partial charge < -0.3 is 10.4 Å². The average molecular weight is 262 g/mol. The Hall–Kier alpha value is -2.00. The van der Waals surface area contributed by atoms with Gasteiger partial charge in [0.25, 0.3) is 0 Å². The molecule has 1 unspecified atom stereocenters. The third-order valence-electron chi connectivity index (χ3n) is 2.48. The van der Waals surface area contributed by atoms with Gasteiger partial charge in [-0.2, -0.15) is 0 Å². The standard InChI is InChI=1S/C14H12ClNO2/c15-13(10-6-2-1-3-7-10)14(18)16-11-8-4-5-9-12(11)17/h1-9,13,17H,(H,16,18). The fraction of sp³-hybridized carbons (Fsp3) is 0.0714. The quantitative estimate of drug-likeness (QED) is 0.658. The van der Waals surface area contributed by atoms with Crippen LogP contribution >= 0.6 is 11.6 Å². The van der Waals surface area contributed by atoms with E-state index < -0.39 is 5.38 Å². The van der Waals surface area contributed by atoms with Gasteiger partial charge in [-0.25, -0.2) is 0 Å². The van der Waals surface area contributed by atoms with Crippen LogP contribution in [0.2, 0.25) is 0 Å². The van der Waals surface area contributed by atoms with E-state index in [0.29, 0.717) is 11.3 Å². The predicted molar refractivity (Wildman–Crippen MR) is 71.8 cm³/mol. The fourth-order valence-electron chi connectivity index (χ4n) is 1.55. The van der Waals surface area contributed by atoms with Crippen LogP contribution in [-0.2, 0) is 4.79 Å². The van der Waals surface area contributed by atoms with Crippen LogP contribution in [0.5, 0.6) is 5.75 Å². The van der Waals surface area contributed by atoms with Crippen molar-refractivity contribution in [3.63, 3.8) is 0 Å². The molecule has 0 aliphatic carbocycles. The average Bonchev–Trinajstić information content (AvgIpc) is 2.41. The predicted octanol–water partition coefficient (Wildman–Crippen LogP) is 3.31. The molecule has 0 aliphatic heterocycles. The molecule has 4 heteroatoms. The van der Waals surface area contributed by atoms with E-state index in [0.717, 1.165) is 0 Å². The third kappa shape index (κ3) is 2.81. The van der Waals surface area contributed by atoms with E-state index in [2.05, 4.69) is 5.32 Å². The Morgan fingerprint density at radius 3 is 2.33 bits per heavy atom. The smallest absolute Gasteiger partial charge is 0.247 e. The van der Waals surface area contributed by atoms with Crippen LogP contribution < -0.4 is 5.32 Å². The van der Waals surface area contributed by atoms with Gasteiger partial charge in [-0.1, -0.05) is 42.5 Å². The van der Waals surface area contributed by atoms with E-state index in [-0.39, 0.29) is 11.7 Å². The number of phenolic OH excluding ortho intramolecular Hbond substituents is 1. The lowest BCUT2D eigenvalue weighted by molar-refractivity contribution is -0.116. The first-order valence-electron chi connectivity index (χ1n) is 5.46. The monoisotopic (exact) mass is 261 g/mol. The van der Waals surface area contributed by atoms with Gasteiger partial charge in [-0.3, -0.25) is 4.79 Å². The minimum atomic E-state index is -0.786. The summed E-state index contributed by atoms with van der Waals surface area (Å²) in [6.45, 7) is 0. The molecule has 0 bridgehead atoms. The summed E-state index contributed by atoms with van der Waals surface area (Å²) < 4.78 is 0. The van der Waals surface area contributed by atoms with Crippen LogP contribution in [0.25, 0.3) is 0 Å². The van der Waals surface area contributed by atoms with Crippen molar-refractivity contribution in [2.75, 3.05) is 5.32 Å². The van der Waals surface area contributed by atoms with E-state index in [1.165, 1.54) is 6.07 Å². The first kappa shape index (κ1) is 12.5. The first-order valence-corrected chi connectivity index (χ1v) is 5.90. The van der Waals surface area contributed by atoms with Gasteiger partial charge in [0.2, 0.25) is 5.91 Å². The highest BCUT2D eigenvalue weighted by atomic mass is 35.5. The molecule has 0 aliphatic rings. The molecule has 2 aromatic rings. The SMILES string of the molecule is O=C(Nc1ccccc1O)C(Cl)c1ccccc1. The van der Waals surface area contributed by atoms with Crippen molar-refractivity contribution in [2.24, 2.45) is 0 Å². The molecule has 0 spiro atoms. The molecule has 2 rings (SSSR count). The van der Waals surface area contributed by atoms with Crippen molar-refractivity contribution in [3.8, 4) is 5.75 Å². The van der Waals surface area contributed by atoms with Crippen LogP contribution in [0.3, 0.4) is 0 Å². The van der Waals surface area contributed by atoms with Gasteiger partial charge in [0.15, 0.2) is 0 Å². The summed E-state index contributed by atoms with van der Waals surface area (Å²) in [5, 5.41) is 11.4. The lowest BCUT2D eigenvalue weighted by atomic mass is 10.1. The first-order chi connectivity index (χ1) is 8.68. The number of alkyl halides is 1. The van der Waals surface area contributed by atoms with E-state index in [1.807, 2.05) is 18.2 Å². The van der Waals surface area contributed by atoms with Crippen molar-refractivity contribution < 1.29 is 9.90 Å². The maximum atomic E-state index is 11.9. The Balaban J connectivity index is 2.12. The molecule has 0 fully saturated rings. The van der Waals surface area contributed by atoms with Crippen molar-refractivity contribution in [2.45, 2.75) is 5.38 Å². The molecular weight excluding hydrogens is 250 g/mol. The molecule has 0 radical (unpaired) electrons. The maximum Gasteiger partial charge on any atom is 0.247 e. The molecule has 18 heavy (non-hydrogen) atoms. The van der Waals surface area contributed by atoms with Gasteiger partial charge in [0.1, 0.15) is 11.1 Å². The number of carbonyl (C=O) groups is 1. The highest BCUT2D eigenvalue weighted by Gasteiger charge is 2.18. The van der Waals surface area contributed by atoms with Gasteiger partial charge >= 0.3 is 0 Å². The van der Waals surface area contributed by atoms with Gasteiger partial charge in [0.05, 0.1) is 5.69 Å². The Bertz CT molecular complexity index is 543. The van der Waals surface area contributed by atoms with Crippen LogP contribution in [0, 0.1) is 0 Å². The number of phenols is 1. The molecule has 0 aromatic heterocycles. The second kappa shape index (κ2) is 5.56. The molecule has 2 aromatic carbocycles. The molecule has 0 saturated carbocycles. The summed E-state index contributed by atoms with van der Waals surface area (Å²) in [5.74, 6) is -0.354. The van der Waals surface area contributed by atoms with Crippen LogP contribution in [-0.4, -0.2) is 11.0 Å². The minimum Gasteiger partial charge on any atom is -0.506 e. The Morgan fingerprint density at radius 2 is 1.67 bits per heavy atom. The number of aromatic hydroxyl groups is 1. The van der Waals surface area contributed by atoms with E-state index >= 15 is 0 Å². The Morgan fingerprint density at radius 1 is 1.06 bits per heavy atom. The molecule has 0 heterocycles. The van der Waals surface area contributed by atoms with Gasteiger partial charge in [-0.05, 0) is 17.7 Å². The summed E-state index contributed by atoms with van der Waals surface area (Å²) in [6, 6.07) is 15.6. The second-order valence-electron chi connectivity index (χ2n) is 3.78. The molecule has 2 N–H and O–H groups in total. The number of para-hydroxylation sites is 2. The summed E-state index contributed by atoms with van der Waals surface area (Å²) in [6.07, 6.45) is 0. The number of hydrogen-bond acceptors (Lipinski definition) is 2. The summed E-state index contributed by atoms with van der Waals surface area (Å²) in [4.78, 5) is 11.9. The summed E-state index contributed by atoms with van der Waals surface area (Å²) in [5.41, 5.74) is 1.07. The number of halogens is 1. The Labute approximate surface area is 110 Å². The van der Waals surface area contributed by atoms with Crippen molar-refractivity contribution in [3.05, 3.63) is 60.2 Å². The number of hydrogen-bond donors (Lipinski definition) is 2. The number of rotatable bonds is 3. The molecule has 1 atom stereocenters. The molecular formula is C14H12ClNO2. The minimum absolute atomic E-state index is 0.0165. The normalized spacial score (nSPS) is 11.8. The number of benzene rings is 2. The van der Waals surface area contributed by atoms with Crippen LogP contribution in [0.4, 0.5) is 5.69 Å². The van der Waals surface area contributed by atoms with Crippen molar-refractivity contribution >= 4 is 23.2 Å².